The zero-order chi connectivity index (χ0) is 25.3. The molecule has 1 aliphatic heterocycles. The Morgan fingerprint density at radius 1 is 0.853 bits per heavy atom. The number of anilines is 2. The fraction of sp³-hybridized carbons (Fsp3) is 0.391. The smallest absolute Gasteiger partial charge is 0.377 e. The molecule has 0 radical (unpaired) electrons. The van der Waals surface area contributed by atoms with Gasteiger partial charge in [0.1, 0.15) is 0 Å². The first kappa shape index (κ1) is 25.4. The molecule has 2 aromatic carbocycles. The Balaban J connectivity index is 1.95. The summed E-state index contributed by atoms with van der Waals surface area (Å²) < 4.78 is 78.7. The van der Waals surface area contributed by atoms with Gasteiger partial charge in [-0.3, -0.25) is 9.59 Å². The number of piperidine rings is 1. The van der Waals surface area contributed by atoms with Crippen LogP contribution in [0, 0.1) is 0 Å². The molecule has 1 fully saturated rings. The van der Waals surface area contributed by atoms with Crippen LogP contribution >= 0.6 is 0 Å². The molecule has 1 aliphatic rings. The van der Waals surface area contributed by atoms with Crippen molar-refractivity contribution in [2.45, 2.75) is 31.6 Å². The van der Waals surface area contributed by atoms with E-state index in [4.69, 9.17) is 0 Å². The first-order chi connectivity index (χ1) is 15.8. The van der Waals surface area contributed by atoms with Crippen LogP contribution in [0.5, 0.6) is 0 Å². The van der Waals surface area contributed by atoms with Crippen molar-refractivity contribution < 1.29 is 35.9 Å². The largest absolute Gasteiger partial charge is 0.416 e. The molecule has 1 heterocycles. The standard InChI is InChI=1S/C23H23F6N3O2/c1-31(2)19-7-6-17(13-18(19)21(34)32-8-4-3-5-9-32)30-20(33)14-10-15(22(24,25)26)12-16(11-14)23(27,28)29/h6-7,10-13H,3-5,8-9H2,1-2H3,(H,30,33). The second kappa shape index (κ2) is 9.55. The molecule has 0 aliphatic carbocycles. The van der Waals surface area contributed by atoms with Crippen molar-refractivity contribution in [1.82, 2.24) is 4.90 Å². The Kier molecular flexibility index (Phi) is 7.13. The Morgan fingerprint density at radius 2 is 1.41 bits per heavy atom. The lowest BCUT2D eigenvalue weighted by Crippen LogP contribution is -2.36. The molecule has 0 aromatic heterocycles. The number of hydrogen-bond donors (Lipinski definition) is 1. The summed E-state index contributed by atoms with van der Waals surface area (Å²) in [5, 5.41) is 2.32. The zero-order valence-electron chi connectivity index (χ0n) is 18.5. The van der Waals surface area contributed by atoms with Crippen LogP contribution in [0.2, 0.25) is 0 Å². The Hall–Kier alpha value is -3.24. The van der Waals surface area contributed by atoms with Crippen LogP contribution in [0.4, 0.5) is 37.7 Å². The van der Waals surface area contributed by atoms with E-state index in [0.717, 1.165) is 19.3 Å². The fourth-order valence-electron chi connectivity index (χ4n) is 3.73. The highest BCUT2D eigenvalue weighted by atomic mass is 19.4. The predicted molar refractivity (Wildman–Crippen MR) is 115 cm³/mol. The highest BCUT2D eigenvalue weighted by Crippen LogP contribution is 2.36. The van der Waals surface area contributed by atoms with Crippen LogP contribution in [0.3, 0.4) is 0 Å². The van der Waals surface area contributed by atoms with Gasteiger partial charge in [-0.2, -0.15) is 26.3 Å². The molecule has 0 spiro atoms. The van der Waals surface area contributed by atoms with E-state index in [-0.39, 0.29) is 23.2 Å². The second-order valence-electron chi connectivity index (χ2n) is 8.23. The Bertz CT molecular complexity index is 1040. The molecule has 184 valence electrons. The second-order valence-corrected chi connectivity index (χ2v) is 8.23. The summed E-state index contributed by atoms with van der Waals surface area (Å²) in [5.74, 6) is -1.43. The monoisotopic (exact) mass is 487 g/mol. The molecule has 1 N–H and O–H groups in total. The van der Waals surface area contributed by atoms with Gasteiger partial charge < -0.3 is 15.1 Å². The minimum absolute atomic E-state index is 0.0436. The first-order valence-corrected chi connectivity index (χ1v) is 10.5. The molecule has 2 amide bonds. The normalized spacial score (nSPS) is 14.6. The van der Waals surface area contributed by atoms with Gasteiger partial charge in [-0.1, -0.05) is 0 Å². The maximum absolute atomic E-state index is 13.1. The van der Waals surface area contributed by atoms with Crippen molar-refractivity contribution in [2.75, 3.05) is 37.4 Å². The van der Waals surface area contributed by atoms with E-state index in [0.29, 0.717) is 30.9 Å². The molecule has 3 rings (SSSR count). The SMILES string of the molecule is CN(C)c1ccc(NC(=O)c2cc(C(F)(F)F)cc(C(F)(F)F)c2)cc1C(=O)N1CCCCC1. The number of nitrogens with one attached hydrogen (secondary N) is 1. The number of rotatable bonds is 4. The summed E-state index contributed by atoms with van der Waals surface area (Å²) in [6.45, 7) is 1.15. The van der Waals surface area contributed by atoms with Gasteiger partial charge in [0.2, 0.25) is 0 Å². The number of nitrogens with zero attached hydrogens (tertiary/aromatic N) is 2. The number of carbonyl (C=O) groups is 2. The zero-order valence-corrected chi connectivity index (χ0v) is 18.5. The van der Waals surface area contributed by atoms with Crippen LogP contribution in [0.25, 0.3) is 0 Å². The van der Waals surface area contributed by atoms with Crippen molar-refractivity contribution in [3.63, 3.8) is 0 Å². The van der Waals surface area contributed by atoms with Gasteiger partial charge in [0.15, 0.2) is 0 Å². The molecule has 2 aromatic rings. The maximum Gasteiger partial charge on any atom is 0.416 e. The van der Waals surface area contributed by atoms with Crippen molar-refractivity contribution in [3.8, 4) is 0 Å². The van der Waals surface area contributed by atoms with E-state index in [1.54, 1.807) is 30.0 Å². The number of alkyl halides is 6. The lowest BCUT2D eigenvalue weighted by Gasteiger charge is -2.28. The number of benzene rings is 2. The molecule has 1 saturated heterocycles. The highest BCUT2D eigenvalue weighted by molar-refractivity contribution is 6.06. The third kappa shape index (κ3) is 5.81. The van der Waals surface area contributed by atoms with Crippen LogP contribution in [0.1, 0.15) is 51.1 Å². The molecule has 0 bridgehead atoms. The van der Waals surface area contributed by atoms with Gasteiger partial charge in [-0.15, -0.1) is 0 Å². The molecule has 34 heavy (non-hydrogen) atoms. The van der Waals surface area contributed by atoms with Crippen molar-refractivity contribution in [3.05, 3.63) is 58.7 Å². The van der Waals surface area contributed by atoms with Crippen LogP contribution in [-0.2, 0) is 12.4 Å². The number of hydrogen-bond acceptors (Lipinski definition) is 3. The summed E-state index contributed by atoms with van der Waals surface area (Å²) in [6.07, 6.45) is -7.42. The van der Waals surface area contributed by atoms with Gasteiger partial charge >= 0.3 is 12.4 Å². The van der Waals surface area contributed by atoms with Gasteiger partial charge in [0, 0.05) is 44.1 Å². The van der Waals surface area contributed by atoms with Gasteiger partial charge in [0.25, 0.3) is 11.8 Å². The molecule has 0 unspecified atom stereocenters. The fourth-order valence-corrected chi connectivity index (χ4v) is 3.73. The molecule has 0 saturated carbocycles. The predicted octanol–water partition coefficient (Wildman–Crippen LogP) is 5.67. The van der Waals surface area contributed by atoms with E-state index in [9.17, 15) is 35.9 Å². The van der Waals surface area contributed by atoms with Crippen molar-refractivity contribution in [2.24, 2.45) is 0 Å². The molecular weight excluding hydrogens is 464 g/mol. The van der Waals surface area contributed by atoms with Crippen LogP contribution < -0.4 is 10.2 Å². The van der Waals surface area contributed by atoms with Crippen molar-refractivity contribution in [1.29, 1.82) is 0 Å². The first-order valence-electron chi connectivity index (χ1n) is 10.5. The van der Waals surface area contributed by atoms with Gasteiger partial charge in [-0.25, -0.2) is 0 Å². The molecule has 11 heteroatoms. The average Bonchev–Trinajstić information content (AvgIpc) is 2.77. The topological polar surface area (TPSA) is 52.7 Å². The maximum atomic E-state index is 13.1. The Morgan fingerprint density at radius 3 is 1.91 bits per heavy atom. The summed E-state index contributed by atoms with van der Waals surface area (Å²) in [7, 11) is 3.45. The molecular formula is C23H23F6N3O2. The molecule has 0 atom stereocenters. The number of amides is 2. The Labute approximate surface area is 192 Å². The summed E-state index contributed by atoms with van der Waals surface area (Å²) >= 11 is 0. The van der Waals surface area contributed by atoms with E-state index in [2.05, 4.69) is 5.32 Å². The number of halogens is 6. The van der Waals surface area contributed by atoms with Gasteiger partial charge in [0.05, 0.1) is 16.7 Å². The quantitative estimate of drug-likeness (QED) is 0.566. The minimum atomic E-state index is -5.07. The summed E-state index contributed by atoms with van der Waals surface area (Å²) in [5.41, 5.74) is -3.07. The molecule has 5 nitrogen and oxygen atoms in total. The lowest BCUT2D eigenvalue weighted by atomic mass is 10.0. The van der Waals surface area contributed by atoms with E-state index < -0.39 is 35.0 Å². The van der Waals surface area contributed by atoms with Crippen LogP contribution in [-0.4, -0.2) is 43.9 Å². The van der Waals surface area contributed by atoms with E-state index in [1.165, 1.54) is 12.1 Å². The number of carbonyl (C=O) groups excluding carboxylic acids is 2. The van der Waals surface area contributed by atoms with E-state index >= 15 is 0 Å². The summed E-state index contributed by atoms with van der Waals surface area (Å²) in [4.78, 5) is 29.1. The number of likely N-dealkylation sites (tertiary alicyclic amines) is 1. The lowest BCUT2D eigenvalue weighted by molar-refractivity contribution is -0.143. The third-order valence-electron chi connectivity index (χ3n) is 5.46. The highest BCUT2D eigenvalue weighted by Gasteiger charge is 2.37. The van der Waals surface area contributed by atoms with E-state index in [1.807, 2.05) is 0 Å². The average molecular weight is 487 g/mol. The summed E-state index contributed by atoms with van der Waals surface area (Å²) in [6, 6.07) is 5.04. The van der Waals surface area contributed by atoms with Crippen LogP contribution in [0.15, 0.2) is 36.4 Å². The van der Waals surface area contributed by atoms with Crippen molar-refractivity contribution >= 4 is 23.2 Å². The van der Waals surface area contributed by atoms with Gasteiger partial charge in [-0.05, 0) is 55.7 Å². The third-order valence-corrected chi connectivity index (χ3v) is 5.46. The minimum Gasteiger partial charge on any atom is -0.377 e.